The number of nitrogens with one attached hydrogen (secondary N) is 1. The van der Waals surface area contributed by atoms with E-state index in [1.54, 1.807) is 18.3 Å². The van der Waals surface area contributed by atoms with Gasteiger partial charge in [0.15, 0.2) is 0 Å². The van der Waals surface area contributed by atoms with Crippen LogP contribution in [-0.2, 0) is 4.79 Å². The topological polar surface area (TPSA) is 48.5 Å². The van der Waals surface area contributed by atoms with Crippen molar-refractivity contribution in [1.82, 2.24) is 15.2 Å². The van der Waals surface area contributed by atoms with Crippen molar-refractivity contribution in [2.24, 2.45) is 5.92 Å². The third-order valence-electron chi connectivity index (χ3n) is 6.13. The van der Waals surface area contributed by atoms with Crippen LogP contribution in [0.2, 0.25) is 0 Å². The van der Waals surface area contributed by atoms with Gasteiger partial charge in [-0.3, -0.25) is 9.69 Å². The van der Waals surface area contributed by atoms with Crippen LogP contribution in [0, 0.1) is 5.92 Å². The number of hydrogen-bond acceptors (Lipinski definition) is 5. The zero-order chi connectivity index (χ0) is 18.6. The average Bonchev–Trinajstić information content (AvgIpc) is 3.16. The first-order valence-corrected chi connectivity index (χ1v) is 11.1. The first kappa shape index (κ1) is 18.7. The van der Waals surface area contributed by atoms with Crippen molar-refractivity contribution in [3.05, 3.63) is 23.7 Å². The van der Waals surface area contributed by atoms with Crippen LogP contribution in [0.3, 0.4) is 0 Å². The molecule has 0 spiro atoms. The Morgan fingerprint density at radius 3 is 2.70 bits per heavy atom. The normalized spacial score (nSPS) is 24.3. The van der Waals surface area contributed by atoms with Crippen LogP contribution in [0.25, 0.3) is 10.1 Å². The minimum Gasteiger partial charge on any atom is -0.354 e. The van der Waals surface area contributed by atoms with Crippen LogP contribution < -0.4 is 10.2 Å². The zero-order valence-electron chi connectivity index (χ0n) is 16.2. The van der Waals surface area contributed by atoms with E-state index in [4.69, 9.17) is 0 Å². The second-order valence-corrected chi connectivity index (χ2v) is 8.93. The van der Waals surface area contributed by atoms with Gasteiger partial charge in [0, 0.05) is 45.3 Å². The molecular formula is C21H30N4OS. The van der Waals surface area contributed by atoms with Gasteiger partial charge >= 0.3 is 0 Å². The molecule has 1 aliphatic carbocycles. The molecule has 1 aliphatic heterocycles. The molecule has 3 heterocycles. The van der Waals surface area contributed by atoms with Crippen molar-refractivity contribution < 1.29 is 4.79 Å². The van der Waals surface area contributed by atoms with Crippen molar-refractivity contribution in [1.29, 1.82) is 0 Å². The van der Waals surface area contributed by atoms with E-state index in [-0.39, 0.29) is 5.91 Å². The molecular weight excluding hydrogens is 356 g/mol. The quantitative estimate of drug-likeness (QED) is 0.854. The molecule has 0 atom stereocenters. The number of rotatable bonds is 5. The predicted molar refractivity (Wildman–Crippen MR) is 112 cm³/mol. The fourth-order valence-electron chi connectivity index (χ4n) is 4.54. The SMILES string of the molecule is CC(=O)N[C@H]1CC[C@H](CCN2CCN(c3nccc4ccsc34)CC2)CC1. The van der Waals surface area contributed by atoms with Crippen molar-refractivity contribution in [2.45, 2.75) is 45.1 Å². The summed E-state index contributed by atoms with van der Waals surface area (Å²) in [5, 5.41) is 6.55. The highest BCUT2D eigenvalue weighted by atomic mass is 32.1. The fourth-order valence-corrected chi connectivity index (χ4v) is 5.45. The van der Waals surface area contributed by atoms with Crippen LogP contribution in [0.4, 0.5) is 5.82 Å². The summed E-state index contributed by atoms with van der Waals surface area (Å²) < 4.78 is 1.32. The van der Waals surface area contributed by atoms with Crippen molar-refractivity contribution in [3.63, 3.8) is 0 Å². The Morgan fingerprint density at radius 2 is 1.96 bits per heavy atom. The highest BCUT2D eigenvalue weighted by molar-refractivity contribution is 7.17. The molecule has 4 rings (SSSR count). The number of hydrogen-bond donors (Lipinski definition) is 1. The van der Waals surface area contributed by atoms with Gasteiger partial charge in [-0.1, -0.05) is 0 Å². The van der Waals surface area contributed by atoms with E-state index in [0.717, 1.165) is 44.9 Å². The monoisotopic (exact) mass is 386 g/mol. The predicted octanol–water partition coefficient (Wildman–Crippen LogP) is 3.50. The molecule has 1 N–H and O–H groups in total. The summed E-state index contributed by atoms with van der Waals surface area (Å²) in [5.74, 6) is 2.11. The molecule has 146 valence electrons. The summed E-state index contributed by atoms with van der Waals surface area (Å²) in [7, 11) is 0. The molecule has 0 unspecified atom stereocenters. The molecule has 2 fully saturated rings. The van der Waals surface area contributed by atoms with Gasteiger partial charge in [-0.15, -0.1) is 11.3 Å². The molecule has 0 radical (unpaired) electrons. The highest BCUT2D eigenvalue weighted by Gasteiger charge is 2.24. The van der Waals surface area contributed by atoms with Gasteiger partial charge in [-0.25, -0.2) is 4.98 Å². The number of pyridine rings is 1. The van der Waals surface area contributed by atoms with Gasteiger partial charge in [0.25, 0.3) is 0 Å². The second kappa shape index (κ2) is 8.57. The van der Waals surface area contributed by atoms with E-state index in [9.17, 15) is 4.79 Å². The number of carbonyl (C=O) groups is 1. The lowest BCUT2D eigenvalue weighted by Crippen LogP contribution is -2.47. The molecule has 1 saturated heterocycles. The number of fused-ring (bicyclic) bond motifs is 1. The van der Waals surface area contributed by atoms with E-state index in [1.807, 2.05) is 6.20 Å². The third-order valence-corrected chi connectivity index (χ3v) is 7.06. The maximum atomic E-state index is 11.2. The Hall–Kier alpha value is -1.66. The standard InChI is InChI=1S/C21H30N4OS/c1-16(26)23-19-4-2-17(3-5-19)7-10-24-11-13-25(14-12-24)21-20-18(6-9-22-21)8-15-27-20/h6,8-9,15,17,19H,2-5,7,10-14H2,1H3,(H,23,26)/t17-,19-. The van der Waals surface area contributed by atoms with Gasteiger partial charge in [-0.2, -0.15) is 0 Å². The lowest BCUT2D eigenvalue weighted by Gasteiger charge is -2.37. The summed E-state index contributed by atoms with van der Waals surface area (Å²) in [6.07, 6.45) is 8.05. The molecule has 2 aromatic heterocycles. The Morgan fingerprint density at radius 1 is 1.19 bits per heavy atom. The summed E-state index contributed by atoms with van der Waals surface area (Å²) >= 11 is 1.80. The first-order valence-electron chi connectivity index (χ1n) is 10.3. The van der Waals surface area contributed by atoms with E-state index >= 15 is 0 Å². The highest BCUT2D eigenvalue weighted by Crippen LogP contribution is 2.30. The Labute approximate surface area is 165 Å². The maximum absolute atomic E-state index is 11.2. The molecule has 1 amide bonds. The number of anilines is 1. The molecule has 0 bridgehead atoms. The summed E-state index contributed by atoms with van der Waals surface area (Å²) in [5.41, 5.74) is 0. The Balaban J connectivity index is 1.21. The summed E-state index contributed by atoms with van der Waals surface area (Å²) in [6.45, 7) is 7.23. The van der Waals surface area contributed by atoms with E-state index in [2.05, 4.69) is 37.6 Å². The van der Waals surface area contributed by atoms with E-state index < -0.39 is 0 Å². The molecule has 1 saturated carbocycles. The van der Waals surface area contributed by atoms with Crippen LogP contribution in [-0.4, -0.2) is 54.6 Å². The van der Waals surface area contributed by atoms with Gasteiger partial charge in [0.1, 0.15) is 5.82 Å². The largest absolute Gasteiger partial charge is 0.354 e. The molecule has 2 aliphatic rings. The summed E-state index contributed by atoms with van der Waals surface area (Å²) in [4.78, 5) is 20.9. The lowest BCUT2D eigenvalue weighted by atomic mass is 9.84. The van der Waals surface area contributed by atoms with Gasteiger partial charge < -0.3 is 10.2 Å². The van der Waals surface area contributed by atoms with Crippen molar-refractivity contribution in [3.8, 4) is 0 Å². The fraction of sp³-hybridized carbons (Fsp3) is 0.619. The molecule has 27 heavy (non-hydrogen) atoms. The van der Waals surface area contributed by atoms with Gasteiger partial charge in [-0.05, 0) is 67.5 Å². The number of aromatic nitrogens is 1. The molecule has 2 aromatic rings. The minimum absolute atomic E-state index is 0.115. The second-order valence-electron chi connectivity index (χ2n) is 8.01. The third kappa shape index (κ3) is 4.61. The van der Waals surface area contributed by atoms with E-state index in [0.29, 0.717) is 6.04 Å². The van der Waals surface area contributed by atoms with Crippen LogP contribution in [0.15, 0.2) is 23.7 Å². The van der Waals surface area contributed by atoms with Crippen LogP contribution in [0.1, 0.15) is 39.0 Å². The van der Waals surface area contributed by atoms with Crippen molar-refractivity contribution >= 4 is 33.1 Å². The first-order chi connectivity index (χ1) is 13.2. The minimum atomic E-state index is 0.115. The van der Waals surface area contributed by atoms with Crippen molar-refractivity contribution in [2.75, 3.05) is 37.6 Å². The average molecular weight is 387 g/mol. The van der Waals surface area contributed by atoms with Gasteiger partial charge in [0.05, 0.1) is 4.70 Å². The Kier molecular flexibility index (Phi) is 5.93. The number of amides is 1. The molecule has 6 heteroatoms. The molecule has 0 aromatic carbocycles. The van der Waals surface area contributed by atoms with Crippen LogP contribution >= 0.6 is 11.3 Å². The lowest BCUT2D eigenvalue weighted by molar-refractivity contribution is -0.119. The van der Waals surface area contributed by atoms with Gasteiger partial charge in [0.2, 0.25) is 5.91 Å². The Bertz CT molecular complexity index is 760. The smallest absolute Gasteiger partial charge is 0.217 e. The number of piperazine rings is 1. The summed E-state index contributed by atoms with van der Waals surface area (Å²) in [6, 6.07) is 4.70. The number of carbonyl (C=O) groups excluding carboxylic acids is 1. The maximum Gasteiger partial charge on any atom is 0.217 e. The number of thiophene rings is 1. The zero-order valence-corrected chi connectivity index (χ0v) is 17.0. The van der Waals surface area contributed by atoms with E-state index in [1.165, 1.54) is 41.7 Å². The molecule has 5 nitrogen and oxygen atoms in total. The van der Waals surface area contributed by atoms with Crippen LogP contribution in [0.5, 0.6) is 0 Å². The number of nitrogens with zero attached hydrogens (tertiary/aromatic N) is 3.